The molecule has 4 aromatic rings. The number of aromatic nitrogens is 1. The molecule has 1 aliphatic heterocycles. The van der Waals surface area contributed by atoms with Crippen LogP contribution in [0.1, 0.15) is 28.4 Å². The number of methoxy groups -OCH3 is 1. The molecule has 3 aromatic carbocycles. The SMILES string of the molecule is CCc1ccc(CN2CCN(C(=O)c3cc(-c4ccccc4OC)nc4ccc(Br)cc34)CC2)cc1. The second-order valence-corrected chi connectivity index (χ2v) is 10.1. The number of halogens is 1. The Labute approximate surface area is 220 Å². The predicted molar refractivity (Wildman–Crippen MR) is 148 cm³/mol. The van der Waals surface area contributed by atoms with E-state index >= 15 is 0 Å². The number of fused-ring (bicyclic) bond motifs is 1. The Kier molecular flexibility index (Phi) is 7.35. The first-order valence-corrected chi connectivity index (χ1v) is 13.2. The number of carbonyl (C=O) groups excluding carboxylic acids is 1. The molecule has 0 saturated carbocycles. The minimum atomic E-state index is 0.0450. The average molecular weight is 544 g/mol. The van der Waals surface area contributed by atoms with Crippen molar-refractivity contribution in [2.24, 2.45) is 0 Å². The van der Waals surface area contributed by atoms with Crippen LogP contribution in [-0.4, -0.2) is 54.0 Å². The van der Waals surface area contributed by atoms with E-state index in [0.29, 0.717) is 18.7 Å². The molecule has 0 aliphatic carbocycles. The lowest BCUT2D eigenvalue weighted by molar-refractivity contribution is 0.0630. The maximum absolute atomic E-state index is 13.8. The van der Waals surface area contributed by atoms with Gasteiger partial charge in [0.2, 0.25) is 0 Å². The van der Waals surface area contributed by atoms with E-state index in [9.17, 15) is 4.79 Å². The van der Waals surface area contributed by atoms with Gasteiger partial charge >= 0.3 is 0 Å². The summed E-state index contributed by atoms with van der Waals surface area (Å²) in [6, 6.07) is 24.5. The number of para-hydroxylation sites is 1. The molecule has 1 aromatic heterocycles. The van der Waals surface area contributed by atoms with Crippen LogP contribution in [0.5, 0.6) is 5.75 Å². The smallest absolute Gasteiger partial charge is 0.254 e. The quantitative estimate of drug-likeness (QED) is 0.290. The lowest BCUT2D eigenvalue weighted by Gasteiger charge is -2.35. The van der Waals surface area contributed by atoms with Gasteiger partial charge in [-0.15, -0.1) is 0 Å². The molecule has 0 spiro atoms. The van der Waals surface area contributed by atoms with Gasteiger partial charge in [-0.25, -0.2) is 4.98 Å². The number of rotatable bonds is 6. The lowest BCUT2D eigenvalue weighted by Crippen LogP contribution is -2.48. The van der Waals surface area contributed by atoms with Gasteiger partial charge in [0.1, 0.15) is 5.75 Å². The summed E-state index contributed by atoms with van der Waals surface area (Å²) in [6.45, 7) is 6.20. The molecule has 0 unspecified atom stereocenters. The Balaban J connectivity index is 1.39. The number of benzene rings is 3. The fourth-order valence-electron chi connectivity index (χ4n) is 4.79. The van der Waals surface area contributed by atoms with Crippen molar-refractivity contribution in [2.45, 2.75) is 19.9 Å². The van der Waals surface area contributed by atoms with E-state index < -0.39 is 0 Å². The van der Waals surface area contributed by atoms with E-state index in [2.05, 4.69) is 52.0 Å². The highest BCUT2D eigenvalue weighted by atomic mass is 79.9. The predicted octanol–water partition coefficient (Wildman–Crippen LogP) is 6.19. The topological polar surface area (TPSA) is 45.7 Å². The van der Waals surface area contributed by atoms with E-state index in [-0.39, 0.29) is 5.91 Å². The molecule has 1 fully saturated rings. The number of carbonyl (C=O) groups is 1. The van der Waals surface area contributed by atoms with Gasteiger partial charge in [0.15, 0.2) is 0 Å². The van der Waals surface area contributed by atoms with Crippen molar-refractivity contribution in [2.75, 3.05) is 33.3 Å². The van der Waals surface area contributed by atoms with Gasteiger partial charge in [-0.2, -0.15) is 0 Å². The van der Waals surface area contributed by atoms with Crippen molar-refractivity contribution in [1.82, 2.24) is 14.8 Å². The zero-order valence-corrected chi connectivity index (χ0v) is 22.3. The number of nitrogens with zero attached hydrogens (tertiary/aromatic N) is 3. The molecule has 36 heavy (non-hydrogen) atoms. The van der Waals surface area contributed by atoms with Crippen molar-refractivity contribution >= 4 is 32.7 Å². The highest BCUT2D eigenvalue weighted by molar-refractivity contribution is 9.10. The standard InChI is InChI=1S/C30H30BrN3O2/c1-3-21-8-10-22(11-9-21)20-33-14-16-34(17-15-33)30(35)26-19-28(24-6-4-5-7-29(24)36-2)32-27-13-12-23(31)18-25(26)27/h4-13,18-19H,3,14-17,20H2,1-2H3. The summed E-state index contributed by atoms with van der Waals surface area (Å²) in [5.41, 5.74) is 5.75. The van der Waals surface area contributed by atoms with E-state index in [4.69, 9.17) is 9.72 Å². The van der Waals surface area contributed by atoms with Gasteiger partial charge in [0.05, 0.1) is 23.9 Å². The maximum Gasteiger partial charge on any atom is 0.254 e. The van der Waals surface area contributed by atoms with Gasteiger partial charge in [-0.05, 0) is 53.9 Å². The Bertz CT molecular complexity index is 1380. The van der Waals surface area contributed by atoms with Crippen LogP contribution in [0.4, 0.5) is 0 Å². The molecule has 6 heteroatoms. The number of aryl methyl sites for hydroxylation is 1. The van der Waals surface area contributed by atoms with Crippen molar-refractivity contribution in [3.63, 3.8) is 0 Å². The fourth-order valence-corrected chi connectivity index (χ4v) is 5.15. The first-order chi connectivity index (χ1) is 17.6. The first-order valence-electron chi connectivity index (χ1n) is 12.4. The van der Waals surface area contributed by atoms with Crippen LogP contribution in [0, 0.1) is 0 Å². The highest BCUT2D eigenvalue weighted by Crippen LogP contribution is 2.33. The zero-order valence-electron chi connectivity index (χ0n) is 20.7. The molecule has 1 amide bonds. The van der Waals surface area contributed by atoms with E-state index in [1.807, 2.05) is 53.4 Å². The molecular weight excluding hydrogens is 514 g/mol. The van der Waals surface area contributed by atoms with E-state index in [1.54, 1.807) is 7.11 Å². The maximum atomic E-state index is 13.8. The van der Waals surface area contributed by atoms with Gasteiger partial charge in [-0.1, -0.05) is 59.3 Å². The Morgan fingerprint density at radius 3 is 2.39 bits per heavy atom. The summed E-state index contributed by atoms with van der Waals surface area (Å²) >= 11 is 3.57. The molecule has 0 bridgehead atoms. The van der Waals surface area contributed by atoms with Crippen LogP contribution in [0.15, 0.2) is 77.3 Å². The Hall–Kier alpha value is -3.22. The molecule has 184 valence electrons. The molecule has 5 rings (SSSR count). The number of hydrogen-bond donors (Lipinski definition) is 0. The van der Waals surface area contributed by atoms with Crippen LogP contribution in [-0.2, 0) is 13.0 Å². The normalized spacial score (nSPS) is 14.2. The van der Waals surface area contributed by atoms with E-state index in [0.717, 1.165) is 58.4 Å². The summed E-state index contributed by atoms with van der Waals surface area (Å²) in [5.74, 6) is 0.782. The third-order valence-corrected chi connectivity index (χ3v) is 7.37. The number of piperazine rings is 1. The molecule has 0 radical (unpaired) electrons. The van der Waals surface area contributed by atoms with Gasteiger partial charge in [0, 0.05) is 48.1 Å². The number of pyridine rings is 1. The molecule has 5 nitrogen and oxygen atoms in total. The molecule has 0 N–H and O–H groups in total. The van der Waals surface area contributed by atoms with Crippen LogP contribution < -0.4 is 4.74 Å². The molecule has 0 atom stereocenters. The monoisotopic (exact) mass is 543 g/mol. The summed E-state index contributed by atoms with van der Waals surface area (Å²) < 4.78 is 6.50. The van der Waals surface area contributed by atoms with Gasteiger partial charge in [0.25, 0.3) is 5.91 Å². The molecule has 1 saturated heterocycles. The third kappa shape index (κ3) is 5.15. The summed E-state index contributed by atoms with van der Waals surface area (Å²) in [5, 5.41) is 0.853. The van der Waals surface area contributed by atoms with Crippen molar-refractivity contribution in [3.8, 4) is 17.0 Å². The average Bonchev–Trinajstić information content (AvgIpc) is 2.93. The Morgan fingerprint density at radius 1 is 0.944 bits per heavy atom. The summed E-state index contributed by atoms with van der Waals surface area (Å²) in [7, 11) is 1.65. The highest BCUT2D eigenvalue weighted by Gasteiger charge is 2.25. The van der Waals surface area contributed by atoms with E-state index in [1.165, 1.54) is 11.1 Å². The van der Waals surface area contributed by atoms with Crippen molar-refractivity contribution < 1.29 is 9.53 Å². The summed E-state index contributed by atoms with van der Waals surface area (Å²) in [4.78, 5) is 23.1. The van der Waals surface area contributed by atoms with Crippen LogP contribution in [0.25, 0.3) is 22.2 Å². The van der Waals surface area contributed by atoms with Crippen LogP contribution in [0.2, 0.25) is 0 Å². The Morgan fingerprint density at radius 2 is 1.67 bits per heavy atom. The molecular formula is C30H30BrN3O2. The van der Waals surface area contributed by atoms with Crippen molar-refractivity contribution in [1.29, 1.82) is 0 Å². The minimum Gasteiger partial charge on any atom is -0.496 e. The van der Waals surface area contributed by atoms with Crippen LogP contribution in [0.3, 0.4) is 0 Å². The van der Waals surface area contributed by atoms with Gasteiger partial charge < -0.3 is 9.64 Å². The molecule has 2 heterocycles. The van der Waals surface area contributed by atoms with Crippen molar-refractivity contribution in [3.05, 3.63) is 94.0 Å². The lowest BCUT2D eigenvalue weighted by atomic mass is 10.0. The zero-order chi connectivity index (χ0) is 25.1. The number of amides is 1. The summed E-state index contributed by atoms with van der Waals surface area (Å²) in [6.07, 6.45) is 1.06. The van der Waals surface area contributed by atoms with Gasteiger partial charge in [-0.3, -0.25) is 9.69 Å². The third-order valence-electron chi connectivity index (χ3n) is 6.88. The first kappa shape index (κ1) is 24.5. The largest absolute Gasteiger partial charge is 0.496 e. The fraction of sp³-hybridized carbons (Fsp3) is 0.267. The molecule has 1 aliphatic rings. The number of ether oxygens (including phenoxy) is 1. The van der Waals surface area contributed by atoms with Crippen LogP contribution >= 0.6 is 15.9 Å². The minimum absolute atomic E-state index is 0.0450. The second kappa shape index (κ2) is 10.8. The number of hydrogen-bond acceptors (Lipinski definition) is 4. The second-order valence-electron chi connectivity index (χ2n) is 9.16.